The molecule has 74 valence electrons. The van der Waals surface area contributed by atoms with Gasteiger partial charge >= 0.3 is 0 Å². The van der Waals surface area contributed by atoms with Gasteiger partial charge in [-0.3, -0.25) is 0 Å². The highest BCUT2D eigenvalue weighted by molar-refractivity contribution is 7.81. The van der Waals surface area contributed by atoms with Crippen LogP contribution < -0.4 is 11.5 Å². The van der Waals surface area contributed by atoms with E-state index < -0.39 is 0 Å². The van der Waals surface area contributed by atoms with E-state index in [9.17, 15) is 0 Å². The van der Waals surface area contributed by atoms with Crippen molar-refractivity contribution in [3.63, 3.8) is 0 Å². The Morgan fingerprint density at radius 3 is 1.42 bits per heavy atom. The molecule has 4 N–H and O–H groups in total. The summed E-state index contributed by atoms with van der Waals surface area (Å²) in [5, 5.41) is 0.725. The Hall–Kier alpha value is 0.620. The molecule has 4 heteroatoms. The van der Waals surface area contributed by atoms with Gasteiger partial charge in [-0.05, 0) is 12.8 Å². The largest absolute Gasteiger partial charge is 0.329 e. The van der Waals surface area contributed by atoms with Gasteiger partial charge in [0.15, 0.2) is 0 Å². The third kappa shape index (κ3) is 7.28. The molecule has 0 aromatic heterocycles. The molecule has 0 radical (unpaired) electrons. The van der Waals surface area contributed by atoms with E-state index in [1.165, 1.54) is 12.8 Å². The fraction of sp³-hybridized carbons (Fsp3) is 1.00. The molecule has 0 aliphatic heterocycles. The number of thiol groups is 2. The van der Waals surface area contributed by atoms with Gasteiger partial charge in [0.2, 0.25) is 0 Å². The number of rotatable bonds is 7. The van der Waals surface area contributed by atoms with Crippen molar-refractivity contribution in [2.24, 2.45) is 11.5 Å². The van der Waals surface area contributed by atoms with Crippen LogP contribution in [-0.2, 0) is 0 Å². The second-order valence-corrected chi connectivity index (χ2v) is 4.52. The molecule has 0 aliphatic rings. The molecule has 0 spiro atoms. The lowest BCUT2D eigenvalue weighted by atomic mass is 10.1. The predicted octanol–water partition coefficient (Wildman–Crippen LogP) is 1.06. The van der Waals surface area contributed by atoms with Crippen molar-refractivity contribution in [2.75, 3.05) is 13.1 Å². The zero-order valence-corrected chi connectivity index (χ0v) is 9.24. The van der Waals surface area contributed by atoms with Gasteiger partial charge in [0.25, 0.3) is 0 Å². The van der Waals surface area contributed by atoms with Crippen LogP contribution >= 0.6 is 25.3 Å². The minimum absolute atomic E-state index is 0.362. The van der Waals surface area contributed by atoms with Crippen molar-refractivity contribution in [3.05, 3.63) is 0 Å². The second kappa shape index (κ2) is 8.23. The van der Waals surface area contributed by atoms with Crippen molar-refractivity contribution in [2.45, 2.75) is 36.2 Å². The zero-order valence-electron chi connectivity index (χ0n) is 7.45. The third-order valence-corrected chi connectivity index (χ3v) is 2.81. The molecule has 2 nitrogen and oxygen atoms in total. The van der Waals surface area contributed by atoms with E-state index in [2.05, 4.69) is 25.3 Å². The maximum Gasteiger partial charge on any atom is 0.0140 e. The topological polar surface area (TPSA) is 52.0 Å². The molecule has 0 fully saturated rings. The van der Waals surface area contributed by atoms with E-state index in [-0.39, 0.29) is 0 Å². The molecule has 0 aromatic rings. The van der Waals surface area contributed by atoms with E-state index in [4.69, 9.17) is 11.5 Å². The molecule has 0 saturated heterocycles. The van der Waals surface area contributed by atoms with E-state index >= 15 is 0 Å². The standard InChI is InChI=1S/C8H20N2S2/c9-5-7(11)3-1-2-4-8(12)6-10/h7-8,11-12H,1-6,9-10H2. The molecule has 0 heterocycles. The molecule has 0 aromatic carbocycles. The lowest BCUT2D eigenvalue weighted by Gasteiger charge is -2.09. The Kier molecular flexibility index (Phi) is 8.65. The third-order valence-electron chi connectivity index (χ3n) is 1.87. The molecule has 0 amide bonds. The molecule has 0 bridgehead atoms. The fourth-order valence-electron chi connectivity index (χ4n) is 0.996. The lowest BCUT2D eigenvalue weighted by molar-refractivity contribution is 0.617. The summed E-state index contributed by atoms with van der Waals surface area (Å²) >= 11 is 8.62. The quantitative estimate of drug-likeness (QED) is 0.373. The van der Waals surface area contributed by atoms with Crippen LogP contribution in [0.5, 0.6) is 0 Å². The number of hydrogen-bond donors (Lipinski definition) is 4. The van der Waals surface area contributed by atoms with Crippen LogP contribution in [0.3, 0.4) is 0 Å². The second-order valence-electron chi connectivity index (χ2n) is 3.06. The van der Waals surface area contributed by atoms with Gasteiger partial charge < -0.3 is 11.5 Å². The molecule has 2 unspecified atom stereocenters. The molecular weight excluding hydrogens is 188 g/mol. The Balaban J connectivity index is 3.10. The SMILES string of the molecule is NCC(S)CCCCC(S)CN. The van der Waals surface area contributed by atoms with Gasteiger partial charge in [-0.2, -0.15) is 25.3 Å². The lowest BCUT2D eigenvalue weighted by Crippen LogP contribution is -2.15. The Bertz CT molecular complexity index is 89.1. The Labute approximate surface area is 86.3 Å². The molecule has 2 atom stereocenters. The monoisotopic (exact) mass is 208 g/mol. The van der Waals surface area contributed by atoms with Gasteiger partial charge in [0.05, 0.1) is 0 Å². The van der Waals surface area contributed by atoms with Crippen LogP contribution in [0.2, 0.25) is 0 Å². The highest BCUT2D eigenvalue weighted by atomic mass is 32.1. The first-order chi connectivity index (χ1) is 5.70. The van der Waals surface area contributed by atoms with Crippen LogP contribution in [0, 0.1) is 0 Å². The summed E-state index contributed by atoms with van der Waals surface area (Å²) in [5.41, 5.74) is 10.9. The van der Waals surface area contributed by atoms with Gasteiger partial charge in [-0.25, -0.2) is 0 Å². The Morgan fingerprint density at radius 1 is 0.833 bits per heavy atom. The fourth-order valence-corrected chi connectivity index (χ4v) is 1.36. The summed E-state index contributed by atoms with van der Waals surface area (Å²) in [6, 6.07) is 0. The minimum Gasteiger partial charge on any atom is -0.329 e. The van der Waals surface area contributed by atoms with Crippen LogP contribution in [0.4, 0.5) is 0 Å². The molecule has 0 saturated carbocycles. The minimum atomic E-state index is 0.362. The van der Waals surface area contributed by atoms with Crippen LogP contribution in [0.1, 0.15) is 25.7 Å². The number of nitrogens with two attached hydrogens (primary N) is 2. The van der Waals surface area contributed by atoms with Crippen molar-refractivity contribution in [1.82, 2.24) is 0 Å². The maximum atomic E-state index is 5.43. The van der Waals surface area contributed by atoms with Gasteiger partial charge in [0, 0.05) is 23.6 Å². The molecule has 0 rings (SSSR count). The van der Waals surface area contributed by atoms with Crippen LogP contribution in [0.25, 0.3) is 0 Å². The van der Waals surface area contributed by atoms with Gasteiger partial charge in [0.1, 0.15) is 0 Å². The van der Waals surface area contributed by atoms with Crippen molar-refractivity contribution in [3.8, 4) is 0 Å². The molecule has 0 aliphatic carbocycles. The van der Waals surface area contributed by atoms with Crippen LogP contribution in [-0.4, -0.2) is 23.6 Å². The average Bonchev–Trinajstić information content (AvgIpc) is 2.11. The molecule has 12 heavy (non-hydrogen) atoms. The smallest absolute Gasteiger partial charge is 0.0140 e. The summed E-state index contributed by atoms with van der Waals surface area (Å²) in [6.07, 6.45) is 4.57. The van der Waals surface area contributed by atoms with Crippen molar-refractivity contribution in [1.29, 1.82) is 0 Å². The highest BCUT2D eigenvalue weighted by Crippen LogP contribution is 2.10. The predicted molar refractivity (Wildman–Crippen MR) is 62.1 cm³/mol. The number of unbranched alkanes of at least 4 members (excludes halogenated alkanes) is 1. The zero-order chi connectivity index (χ0) is 9.40. The average molecular weight is 208 g/mol. The highest BCUT2D eigenvalue weighted by Gasteiger charge is 2.02. The summed E-state index contributed by atoms with van der Waals surface area (Å²) in [5.74, 6) is 0. The summed E-state index contributed by atoms with van der Waals surface area (Å²) in [7, 11) is 0. The Morgan fingerprint density at radius 2 is 1.17 bits per heavy atom. The van der Waals surface area contributed by atoms with Crippen molar-refractivity contribution < 1.29 is 0 Å². The van der Waals surface area contributed by atoms with Crippen LogP contribution in [0.15, 0.2) is 0 Å². The number of hydrogen-bond acceptors (Lipinski definition) is 4. The van der Waals surface area contributed by atoms with E-state index in [0.29, 0.717) is 23.6 Å². The summed E-state index contributed by atoms with van der Waals surface area (Å²) in [4.78, 5) is 0. The molecular formula is C8H20N2S2. The van der Waals surface area contributed by atoms with E-state index in [0.717, 1.165) is 12.8 Å². The van der Waals surface area contributed by atoms with Crippen molar-refractivity contribution >= 4 is 25.3 Å². The van der Waals surface area contributed by atoms with E-state index in [1.54, 1.807) is 0 Å². The maximum absolute atomic E-state index is 5.43. The summed E-state index contributed by atoms with van der Waals surface area (Å²) in [6.45, 7) is 1.34. The first kappa shape index (κ1) is 12.6. The van der Waals surface area contributed by atoms with E-state index in [1.807, 2.05) is 0 Å². The van der Waals surface area contributed by atoms with Gasteiger partial charge in [-0.15, -0.1) is 0 Å². The summed E-state index contributed by atoms with van der Waals surface area (Å²) < 4.78 is 0. The normalized spacial score (nSPS) is 16.0. The first-order valence-corrected chi connectivity index (χ1v) is 5.50. The first-order valence-electron chi connectivity index (χ1n) is 4.47. The van der Waals surface area contributed by atoms with Gasteiger partial charge in [-0.1, -0.05) is 12.8 Å².